The number of carbonyl (C=O) groups is 2. The van der Waals surface area contributed by atoms with Crippen LogP contribution in [-0.2, 0) is 16.2 Å². The largest absolute Gasteiger partial charge is 0.488 e. The Morgan fingerprint density at radius 2 is 1.60 bits per heavy atom. The van der Waals surface area contributed by atoms with Gasteiger partial charge in [0.15, 0.2) is 5.11 Å². The number of anilines is 1. The number of para-hydroxylation sites is 1. The summed E-state index contributed by atoms with van der Waals surface area (Å²) in [6.45, 7) is 0.190. The first-order chi connectivity index (χ1) is 17.0. The zero-order chi connectivity index (χ0) is 24.4. The summed E-state index contributed by atoms with van der Waals surface area (Å²) < 4.78 is 19.3. The number of amides is 2. The molecule has 0 aliphatic carbocycles. The maximum absolute atomic E-state index is 13.4. The van der Waals surface area contributed by atoms with Crippen molar-refractivity contribution in [2.75, 3.05) is 4.90 Å². The van der Waals surface area contributed by atoms with Crippen molar-refractivity contribution < 1.29 is 18.7 Å². The van der Waals surface area contributed by atoms with Crippen molar-refractivity contribution in [1.29, 1.82) is 0 Å². The predicted molar refractivity (Wildman–Crippen MR) is 137 cm³/mol. The molecule has 0 bridgehead atoms. The van der Waals surface area contributed by atoms with Crippen LogP contribution in [0.15, 0.2) is 96.6 Å². The molecule has 5 nitrogen and oxygen atoms in total. The van der Waals surface area contributed by atoms with E-state index in [1.54, 1.807) is 42.5 Å². The summed E-state index contributed by atoms with van der Waals surface area (Å²) in [7, 11) is 0. The second-order valence-corrected chi connectivity index (χ2v) is 8.29. The number of fused-ring (bicyclic) bond motifs is 1. The summed E-state index contributed by atoms with van der Waals surface area (Å²) in [4.78, 5) is 27.6. The molecule has 1 heterocycles. The topological polar surface area (TPSA) is 58.6 Å². The van der Waals surface area contributed by atoms with Crippen molar-refractivity contribution >= 4 is 51.7 Å². The molecule has 5 rings (SSSR count). The standard InChI is InChI=1S/C28H19FN2O3S/c29-20-13-10-18(11-14-20)17-34-25-15-12-19-6-4-5-9-22(19)23(25)16-24-26(32)30-28(35)31(27(24)33)21-7-2-1-3-8-21/h1-16H,17H2,(H,30,32,35)/b24-16+. The molecule has 0 aromatic heterocycles. The highest BCUT2D eigenvalue weighted by Crippen LogP contribution is 2.32. The lowest BCUT2D eigenvalue weighted by atomic mass is 9.99. The van der Waals surface area contributed by atoms with Gasteiger partial charge in [0.2, 0.25) is 0 Å². The van der Waals surface area contributed by atoms with Gasteiger partial charge in [-0.3, -0.25) is 19.8 Å². The molecule has 4 aromatic carbocycles. The van der Waals surface area contributed by atoms with E-state index >= 15 is 0 Å². The van der Waals surface area contributed by atoms with Gasteiger partial charge in [0, 0.05) is 5.56 Å². The van der Waals surface area contributed by atoms with Crippen LogP contribution in [-0.4, -0.2) is 16.9 Å². The van der Waals surface area contributed by atoms with Crippen molar-refractivity contribution in [3.05, 3.63) is 114 Å². The molecule has 0 atom stereocenters. The van der Waals surface area contributed by atoms with Gasteiger partial charge in [-0.15, -0.1) is 0 Å². The lowest BCUT2D eigenvalue weighted by Crippen LogP contribution is -2.54. The molecule has 35 heavy (non-hydrogen) atoms. The minimum atomic E-state index is -0.579. The Labute approximate surface area is 206 Å². The third kappa shape index (κ3) is 4.54. The minimum absolute atomic E-state index is 0.0223. The van der Waals surface area contributed by atoms with Crippen LogP contribution in [0.25, 0.3) is 16.8 Å². The minimum Gasteiger partial charge on any atom is -0.488 e. The summed E-state index contributed by atoms with van der Waals surface area (Å²) >= 11 is 5.28. The molecule has 0 saturated carbocycles. The molecule has 1 fully saturated rings. The molecule has 0 spiro atoms. The van der Waals surface area contributed by atoms with E-state index in [9.17, 15) is 14.0 Å². The normalized spacial score (nSPS) is 14.9. The zero-order valence-electron chi connectivity index (χ0n) is 18.4. The van der Waals surface area contributed by atoms with Gasteiger partial charge < -0.3 is 4.74 Å². The predicted octanol–water partition coefficient (Wildman–Crippen LogP) is 5.39. The number of benzene rings is 4. The molecule has 4 aromatic rings. The van der Waals surface area contributed by atoms with Gasteiger partial charge in [0.1, 0.15) is 23.7 Å². The van der Waals surface area contributed by atoms with E-state index in [1.165, 1.54) is 23.1 Å². The maximum atomic E-state index is 13.4. The van der Waals surface area contributed by atoms with Crippen LogP contribution in [0.1, 0.15) is 11.1 Å². The molecular weight excluding hydrogens is 463 g/mol. The second-order valence-electron chi connectivity index (χ2n) is 7.91. The number of thiocarbonyl (C=S) groups is 1. The molecule has 1 aliphatic heterocycles. The smallest absolute Gasteiger partial charge is 0.270 e. The van der Waals surface area contributed by atoms with Crippen LogP contribution in [0.2, 0.25) is 0 Å². The third-order valence-corrected chi connectivity index (χ3v) is 5.93. The fourth-order valence-electron chi connectivity index (χ4n) is 3.91. The Balaban J connectivity index is 1.58. The van der Waals surface area contributed by atoms with Gasteiger partial charge in [-0.25, -0.2) is 4.39 Å². The number of ether oxygens (including phenoxy) is 1. The highest BCUT2D eigenvalue weighted by Gasteiger charge is 2.34. The van der Waals surface area contributed by atoms with Gasteiger partial charge in [0.05, 0.1) is 5.69 Å². The molecule has 2 amide bonds. The number of rotatable bonds is 5. The number of hydrogen-bond acceptors (Lipinski definition) is 4. The van der Waals surface area contributed by atoms with Crippen molar-refractivity contribution in [2.45, 2.75) is 6.61 Å². The van der Waals surface area contributed by atoms with Crippen LogP contribution in [0.4, 0.5) is 10.1 Å². The maximum Gasteiger partial charge on any atom is 0.270 e. The van der Waals surface area contributed by atoms with E-state index in [0.29, 0.717) is 17.0 Å². The summed E-state index contributed by atoms with van der Waals surface area (Å²) in [6, 6.07) is 26.3. The lowest BCUT2D eigenvalue weighted by molar-refractivity contribution is -0.122. The molecule has 7 heteroatoms. The Bertz CT molecular complexity index is 1480. The van der Waals surface area contributed by atoms with Crippen LogP contribution in [0.5, 0.6) is 5.75 Å². The van der Waals surface area contributed by atoms with E-state index in [4.69, 9.17) is 17.0 Å². The SMILES string of the molecule is O=C1NC(=S)N(c2ccccc2)C(=O)/C1=C/c1c(OCc2ccc(F)cc2)ccc2ccccc12. The van der Waals surface area contributed by atoms with E-state index in [2.05, 4.69) is 5.32 Å². The third-order valence-electron chi connectivity index (χ3n) is 5.64. The lowest BCUT2D eigenvalue weighted by Gasteiger charge is -2.29. The summed E-state index contributed by atoms with van der Waals surface area (Å²) in [5.74, 6) is -0.944. The van der Waals surface area contributed by atoms with Gasteiger partial charge in [0.25, 0.3) is 11.8 Å². The summed E-state index contributed by atoms with van der Waals surface area (Å²) in [5.41, 5.74) is 1.86. The molecule has 1 N–H and O–H groups in total. The molecule has 1 aliphatic rings. The first-order valence-corrected chi connectivity index (χ1v) is 11.3. The van der Waals surface area contributed by atoms with E-state index in [-0.39, 0.29) is 23.1 Å². The van der Waals surface area contributed by atoms with Crippen molar-refractivity contribution in [2.24, 2.45) is 0 Å². The van der Waals surface area contributed by atoms with Crippen LogP contribution in [0.3, 0.4) is 0 Å². The first kappa shape index (κ1) is 22.4. The van der Waals surface area contributed by atoms with Gasteiger partial charge in [-0.2, -0.15) is 0 Å². The highest BCUT2D eigenvalue weighted by molar-refractivity contribution is 7.80. The number of nitrogens with zero attached hydrogens (tertiary/aromatic N) is 1. The van der Waals surface area contributed by atoms with Gasteiger partial charge in [-0.05, 0) is 65.0 Å². The average molecular weight is 483 g/mol. The molecule has 1 saturated heterocycles. The van der Waals surface area contributed by atoms with Crippen molar-refractivity contribution in [3.63, 3.8) is 0 Å². The van der Waals surface area contributed by atoms with E-state index < -0.39 is 11.8 Å². The van der Waals surface area contributed by atoms with Gasteiger partial charge >= 0.3 is 0 Å². The number of halogens is 1. The monoisotopic (exact) mass is 482 g/mol. The van der Waals surface area contributed by atoms with Crippen LogP contribution >= 0.6 is 12.2 Å². The summed E-state index contributed by atoms with van der Waals surface area (Å²) in [6.07, 6.45) is 1.54. The van der Waals surface area contributed by atoms with Crippen molar-refractivity contribution in [1.82, 2.24) is 5.32 Å². The second kappa shape index (κ2) is 9.48. The fourth-order valence-corrected chi connectivity index (χ4v) is 4.19. The zero-order valence-corrected chi connectivity index (χ0v) is 19.2. The van der Waals surface area contributed by atoms with Gasteiger partial charge in [-0.1, -0.05) is 60.7 Å². The fraction of sp³-hybridized carbons (Fsp3) is 0.0357. The Kier molecular flexibility index (Phi) is 6.08. The highest BCUT2D eigenvalue weighted by atomic mass is 32.1. The van der Waals surface area contributed by atoms with E-state index in [0.717, 1.165) is 16.3 Å². The van der Waals surface area contributed by atoms with Crippen molar-refractivity contribution in [3.8, 4) is 5.75 Å². The molecule has 172 valence electrons. The Morgan fingerprint density at radius 3 is 2.37 bits per heavy atom. The Morgan fingerprint density at radius 1 is 0.886 bits per heavy atom. The first-order valence-electron chi connectivity index (χ1n) is 10.9. The number of nitrogens with one attached hydrogen (secondary N) is 1. The Hall–Kier alpha value is -4.36. The quantitative estimate of drug-likeness (QED) is 0.235. The molecule has 0 radical (unpaired) electrons. The average Bonchev–Trinajstić information content (AvgIpc) is 2.87. The number of carbonyl (C=O) groups excluding carboxylic acids is 2. The summed E-state index contributed by atoms with van der Waals surface area (Å²) in [5, 5.41) is 4.37. The van der Waals surface area contributed by atoms with E-state index in [1.807, 2.05) is 36.4 Å². The van der Waals surface area contributed by atoms with Crippen LogP contribution in [0, 0.1) is 5.82 Å². The molecule has 0 unspecified atom stereocenters. The van der Waals surface area contributed by atoms with Crippen LogP contribution < -0.4 is 15.0 Å². The number of hydrogen-bond donors (Lipinski definition) is 1. The molecular formula is C28H19FN2O3S.